The van der Waals surface area contributed by atoms with Crippen molar-refractivity contribution >= 4 is 22.8 Å². The molecule has 0 aliphatic carbocycles. The van der Waals surface area contributed by atoms with Crippen LogP contribution in [0.1, 0.15) is 11.1 Å². The Bertz CT molecular complexity index is 854. The van der Waals surface area contributed by atoms with E-state index in [0.29, 0.717) is 6.61 Å². The minimum Gasteiger partial charge on any atom is -0.488 e. The van der Waals surface area contributed by atoms with Crippen molar-refractivity contribution in [3.63, 3.8) is 0 Å². The summed E-state index contributed by atoms with van der Waals surface area (Å²) in [7, 11) is 0. The van der Waals surface area contributed by atoms with Crippen LogP contribution in [0.2, 0.25) is 0 Å². The molecule has 3 rings (SSSR count). The molecule has 0 atom stereocenters. The van der Waals surface area contributed by atoms with Gasteiger partial charge in [-0.15, -0.1) is 0 Å². The van der Waals surface area contributed by atoms with Crippen LogP contribution in [0.3, 0.4) is 0 Å². The Kier molecular flexibility index (Phi) is 4.39. The molecule has 2 N–H and O–H groups in total. The van der Waals surface area contributed by atoms with Crippen molar-refractivity contribution in [1.82, 2.24) is 0 Å². The maximum Gasteiger partial charge on any atom is 0.241 e. The molecule has 0 unspecified atom stereocenters. The third-order valence-electron chi connectivity index (χ3n) is 3.58. The Morgan fingerprint density at radius 3 is 2.48 bits per heavy atom. The number of primary amides is 1. The Hall–Kier alpha value is -3.07. The van der Waals surface area contributed by atoms with E-state index in [9.17, 15) is 4.79 Å². The number of amides is 1. The van der Waals surface area contributed by atoms with Crippen molar-refractivity contribution in [3.8, 4) is 5.75 Å². The van der Waals surface area contributed by atoms with Gasteiger partial charge in [0.2, 0.25) is 5.91 Å². The first-order valence-electron chi connectivity index (χ1n) is 7.40. The van der Waals surface area contributed by atoms with Crippen molar-refractivity contribution in [2.45, 2.75) is 6.61 Å². The van der Waals surface area contributed by atoms with Gasteiger partial charge in [-0.05, 0) is 28.5 Å². The van der Waals surface area contributed by atoms with Gasteiger partial charge >= 0.3 is 0 Å². The summed E-state index contributed by atoms with van der Waals surface area (Å²) < 4.78 is 5.96. The smallest absolute Gasteiger partial charge is 0.241 e. The fourth-order valence-electron chi connectivity index (χ4n) is 2.47. The molecule has 0 spiro atoms. The molecule has 0 bridgehead atoms. The minimum atomic E-state index is -0.480. The van der Waals surface area contributed by atoms with E-state index in [1.807, 2.05) is 66.7 Å². The molecule has 0 aromatic heterocycles. The van der Waals surface area contributed by atoms with Crippen LogP contribution in [-0.4, -0.2) is 5.91 Å². The van der Waals surface area contributed by atoms with E-state index < -0.39 is 5.91 Å². The van der Waals surface area contributed by atoms with Gasteiger partial charge in [0.15, 0.2) is 0 Å². The molecule has 3 heteroatoms. The Labute approximate surface area is 135 Å². The number of ether oxygens (including phenoxy) is 1. The van der Waals surface area contributed by atoms with Crippen LogP contribution in [0.5, 0.6) is 5.75 Å². The van der Waals surface area contributed by atoms with Crippen LogP contribution in [0, 0.1) is 0 Å². The van der Waals surface area contributed by atoms with Gasteiger partial charge in [0, 0.05) is 11.6 Å². The summed E-state index contributed by atoms with van der Waals surface area (Å²) in [5.74, 6) is 0.247. The Morgan fingerprint density at radius 1 is 0.957 bits per heavy atom. The van der Waals surface area contributed by atoms with Crippen LogP contribution in [0.15, 0.2) is 72.8 Å². The Morgan fingerprint density at radius 2 is 1.70 bits per heavy atom. The molecule has 0 aliphatic rings. The Balaban J connectivity index is 1.98. The molecule has 23 heavy (non-hydrogen) atoms. The van der Waals surface area contributed by atoms with Crippen LogP contribution in [0.25, 0.3) is 16.8 Å². The quantitative estimate of drug-likeness (QED) is 0.726. The van der Waals surface area contributed by atoms with Gasteiger partial charge in [0.1, 0.15) is 12.4 Å². The molecule has 0 aliphatic heterocycles. The summed E-state index contributed by atoms with van der Waals surface area (Å²) in [5.41, 5.74) is 7.18. The van der Waals surface area contributed by atoms with Crippen LogP contribution in [-0.2, 0) is 11.4 Å². The van der Waals surface area contributed by atoms with E-state index >= 15 is 0 Å². The largest absolute Gasteiger partial charge is 0.488 e. The topological polar surface area (TPSA) is 52.3 Å². The summed E-state index contributed by atoms with van der Waals surface area (Å²) in [4.78, 5) is 11.1. The molecule has 0 heterocycles. The van der Waals surface area contributed by atoms with Crippen LogP contribution in [0.4, 0.5) is 0 Å². The highest BCUT2D eigenvalue weighted by atomic mass is 16.5. The predicted molar refractivity (Wildman–Crippen MR) is 93.0 cm³/mol. The van der Waals surface area contributed by atoms with E-state index in [1.54, 1.807) is 6.08 Å². The molecule has 1 amide bonds. The normalized spacial score (nSPS) is 11.0. The van der Waals surface area contributed by atoms with Gasteiger partial charge in [0.05, 0.1) is 0 Å². The SMILES string of the molecule is NC(=O)/C=C/c1c(OCc2ccccc2)ccc2ccccc12. The number of rotatable bonds is 5. The van der Waals surface area contributed by atoms with Gasteiger partial charge in [-0.2, -0.15) is 0 Å². The highest BCUT2D eigenvalue weighted by Crippen LogP contribution is 2.30. The number of nitrogens with two attached hydrogens (primary N) is 1. The molecule has 0 radical (unpaired) electrons. The van der Waals surface area contributed by atoms with E-state index in [1.165, 1.54) is 6.08 Å². The van der Waals surface area contributed by atoms with Crippen molar-refractivity contribution in [2.75, 3.05) is 0 Å². The average Bonchev–Trinajstić information content (AvgIpc) is 2.59. The minimum absolute atomic E-state index is 0.469. The maximum absolute atomic E-state index is 11.1. The fourth-order valence-corrected chi connectivity index (χ4v) is 2.47. The standard InChI is InChI=1S/C20H17NO2/c21-20(22)13-11-18-17-9-5-4-8-16(17)10-12-19(18)23-14-15-6-2-1-3-7-15/h1-13H,14H2,(H2,21,22)/b13-11+. The molecule has 114 valence electrons. The lowest BCUT2D eigenvalue weighted by Crippen LogP contribution is -2.05. The molecule has 0 saturated carbocycles. The molecular weight excluding hydrogens is 286 g/mol. The molecule has 3 aromatic carbocycles. The van der Waals surface area contributed by atoms with Gasteiger partial charge in [-0.1, -0.05) is 60.7 Å². The summed E-state index contributed by atoms with van der Waals surface area (Å²) in [5, 5.41) is 2.11. The van der Waals surface area contributed by atoms with E-state index in [0.717, 1.165) is 27.6 Å². The molecule has 0 fully saturated rings. The van der Waals surface area contributed by atoms with Crippen molar-refractivity contribution in [1.29, 1.82) is 0 Å². The fraction of sp³-hybridized carbons (Fsp3) is 0.0500. The van der Waals surface area contributed by atoms with Crippen molar-refractivity contribution < 1.29 is 9.53 Å². The lowest BCUT2D eigenvalue weighted by Gasteiger charge is -2.12. The van der Waals surface area contributed by atoms with Crippen molar-refractivity contribution in [3.05, 3.63) is 83.9 Å². The molecule has 0 saturated heterocycles. The van der Waals surface area contributed by atoms with Gasteiger partial charge in [-0.3, -0.25) is 4.79 Å². The average molecular weight is 303 g/mol. The second-order valence-corrected chi connectivity index (χ2v) is 5.21. The van der Waals surface area contributed by atoms with E-state index in [4.69, 9.17) is 10.5 Å². The number of carbonyl (C=O) groups excluding carboxylic acids is 1. The van der Waals surface area contributed by atoms with Crippen LogP contribution >= 0.6 is 0 Å². The van der Waals surface area contributed by atoms with Gasteiger partial charge < -0.3 is 10.5 Å². The predicted octanol–water partition coefficient (Wildman–Crippen LogP) is 3.92. The lowest BCUT2D eigenvalue weighted by atomic mass is 10.0. The van der Waals surface area contributed by atoms with Gasteiger partial charge in [-0.25, -0.2) is 0 Å². The van der Waals surface area contributed by atoms with Gasteiger partial charge in [0.25, 0.3) is 0 Å². The molecule has 3 nitrogen and oxygen atoms in total. The summed E-state index contributed by atoms with van der Waals surface area (Å²) in [6.07, 6.45) is 3.07. The van der Waals surface area contributed by atoms with E-state index in [2.05, 4.69) is 0 Å². The zero-order valence-corrected chi connectivity index (χ0v) is 12.6. The third-order valence-corrected chi connectivity index (χ3v) is 3.58. The zero-order chi connectivity index (χ0) is 16.1. The number of benzene rings is 3. The summed E-state index contributed by atoms with van der Waals surface area (Å²) in [6, 6.07) is 21.9. The lowest BCUT2D eigenvalue weighted by molar-refractivity contribution is -0.113. The second-order valence-electron chi connectivity index (χ2n) is 5.21. The zero-order valence-electron chi connectivity index (χ0n) is 12.6. The second kappa shape index (κ2) is 6.79. The maximum atomic E-state index is 11.1. The first kappa shape index (κ1) is 14.9. The number of fused-ring (bicyclic) bond motifs is 1. The summed E-state index contributed by atoms with van der Waals surface area (Å²) >= 11 is 0. The number of hydrogen-bond donors (Lipinski definition) is 1. The molecule has 3 aromatic rings. The monoisotopic (exact) mass is 303 g/mol. The summed E-state index contributed by atoms with van der Waals surface area (Å²) in [6.45, 7) is 0.469. The van der Waals surface area contributed by atoms with E-state index in [-0.39, 0.29) is 0 Å². The van der Waals surface area contributed by atoms with Crippen LogP contribution < -0.4 is 10.5 Å². The molecular formula is C20H17NO2. The third kappa shape index (κ3) is 3.58. The number of hydrogen-bond acceptors (Lipinski definition) is 2. The highest BCUT2D eigenvalue weighted by Gasteiger charge is 2.07. The highest BCUT2D eigenvalue weighted by molar-refractivity contribution is 5.97. The van der Waals surface area contributed by atoms with Crippen molar-refractivity contribution in [2.24, 2.45) is 5.73 Å². The number of carbonyl (C=O) groups is 1. The first-order chi connectivity index (χ1) is 11.2. The first-order valence-corrected chi connectivity index (χ1v) is 7.40.